The lowest BCUT2D eigenvalue weighted by Gasteiger charge is -2.05. The lowest BCUT2D eigenvalue weighted by Crippen LogP contribution is -2.27. The molecule has 1 aliphatic carbocycles. The molecule has 0 aromatic heterocycles. The van der Waals surface area contributed by atoms with Gasteiger partial charge in [-0.2, -0.15) is 0 Å². The minimum absolute atomic E-state index is 0.306. The zero-order valence-electron chi connectivity index (χ0n) is 12.5. The molecule has 3 unspecified atom stereocenters. The second-order valence-electron chi connectivity index (χ2n) is 5.87. The molecule has 1 rings (SSSR count). The van der Waals surface area contributed by atoms with E-state index in [4.69, 9.17) is 0 Å². The van der Waals surface area contributed by atoms with Gasteiger partial charge in [-0.25, -0.2) is 0 Å². The van der Waals surface area contributed by atoms with E-state index in [1.54, 1.807) is 0 Å². The first-order chi connectivity index (χ1) is 8.72. The zero-order chi connectivity index (χ0) is 13.4. The lowest BCUT2D eigenvalue weighted by molar-refractivity contribution is -0.122. The molecule has 0 radical (unpaired) electrons. The molecule has 18 heavy (non-hydrogen) atoms. The minimum Gasteiger partial charge on any atom is -0.356 e. The Hall–Kier alpha value is -0.530. The van der Waals surface area contributed by atoms with E-state index >= 15 is 0 Å². The number of carbonyl (C=O) groups excluding carboxylic acids is 1. The Morgan fingerprint density at radius 3 is 2.17 bits per heavy atom. The monoisotopic (exact) mass is 253 g/mol. The molecule has 0 aromatic rings. The van der Waals surface area contributed by atoms with Gasteiger partial charge in [-0.3, -0.25) is 4.79 Å². The van der Waals surface area contributed by atoms with Gasteiger partial charge < -0.3 is 5.32 Å². The summed E-state index contributed by atoms with van der Waals surface area (Å²) in [5.41, 5.74) is 0. The maximum absolute atomic E-state index is 11.8. The third-order valence-corrected chi connectivity index (χ3v) is 4.42. The number of amides is 1. The summed E-state index contributed by atoms with van der Waals surface area (Å²) < 4.78 is 0. The summed E-state index contributed by atoms with van der Waals surface area (Å²) in [5.74, 6) is 1.89. The van der Waals surface area contributed by atoms with E-state index in [0.29, 0.717) is 23.7 Å². The third-order valence-electron chi connectivity index (χ3n) is 4.42. The van der Waals surface area contributed by atoms with Crippen molar-refractivity contribution in [3.8, 4) is 0 Å². The van der Waals surface area contributed by atoms with Gasteiger partial charge in [0.2, 0.25) is 5.91 Å². The molecule has 0 saturated heterocycles. The zero-order valence-corrected chi connectivity index (χ0v) is 12.5. The fraction of sp³-hybridized carbons (Fsp3) is 0.938. The van der Waals surface area contributed by atoms with Crippen molar-refractivity contribution in [3.05, 3.63) is 0 Å². The van der Waals surface area contributed by atoms with Gasteiger partial charge in [0, 0.05) is 12.5 Å². The summed E-state index contributed by atoms with van der Waals surface area (Å²) in [6, 6.07) is 0. The molecule has 1 amide bonds. The van der Waals surface area contributed by atoms with Gasteiger partial charge in [0.25, 0.3) is 0 Å². The highest BCUT2D eigenvalue weighted by molar-refractivity contribution is 5.82. The second-order valence-corrected chi connectivity index (χ2v) is 5.87. The first kappa shape index (κ1) is 15.5. The van der Waals surface area contributed by atoms with Gasteiger partial charge in [-0.15, -0.1) is 0 Å². The molecule has 2 heteroatoms. The molecule has 3 atom stereocenters. The first-order valence-corrected chi connectivity index (χ1v) is 8.00. The maximum Gasteiger partial charge on any atom is 0.223 e. The normalized spacial score (nSPS) is 26.1. The van der Waals surface area contributed by atoms with Crippen LogP contribution in [-0.2, 0) is 4.79 Å². The van der Waals surface area contributed by atoms with Crippen LogP contribution in [0.15, 0.2) is 0 Å². The first-order valence-electron chi connectivity index (χ1n) is 8.00. The van der Waals surface area contributed by atoms with Gasteiger partial charge in [-0.05, 0) is 18.3 Å². The highest BCUT2D eigenvalue weighted by atomic mass is 16.2. The number of rotatable bonds is 10. The Bertz CT molecular complexity index is 239. The molecule has 2 nitrogen and oxygen atoms in total. The molecular weight excluding hydrogens is 222 g/mol. The molecule has 0 bridgehead atoms. The van der Waals surface area contributed by atoms with Crippen molar-refractivity contribution < 1.29 is 4.79 Å². The molecule has 0 heterocycles. The van der Waals surface area contributed by atoms with Crippen LogP contribution in [-0.4, -0.2) is 12.5 Å². The second kappa shape index (κ2) is 8.55. The molecule has 106 valence electrons. The number of nitrogens with one attached hydrogen (secondary N) is 1. The topological polar surface area (TPSA) is 29.1 Å². The summed E-state index contributed by atoms with van der Waals surface area (Å²) in [6.07, 6.45) is 10.3. The maximum atomic E-state index is 11.8. The SMILES string of the molecule is CCCCCCCCCNC(=O)C1C(C)C1CC. The number of carbonyl (C=O) groups is 1. The number of hydrogen-bond donors (Lipinski definition) is 1. The Balaban J connectivity index is 1.91. The highest BCUT2D eigenvalue weighted by Gasteiger charge is 2.49. The van der Waals surface area contributed by atoms with Crippen LogP contribution in [0.3, 0.4) is 0 Å². The smallest absolute Gasteiger partial charge is 0.223 e. The fourth-order valence-corrected chi connectivity index (χ4v) is 3.02. The van der Waals surface area contributed by atoms with Crippen molar-refractivity contribution in [2.24, 2.45) is 17.8 Å². The molecule has 1 fully saturated rings. The largest absolute Gasteiger partial charge is 0.356 e. The van der Waals surface area contributed by atoms with Crippen LogP contribution in [0.2, 0.25) is 0 Å². The van der Waals surface area contributed by atoms with Gasteiger partial charge in [0.15, 0.2) is 0 Å². The highest BCUT2D eigenvalue weighted by Crippen LogP contribution is 2.48. The molecule has 0 aliphatic heterocycles. The van der Waals surface area contributed by atoms with Gasteiger partial charge in [-0.1, -0.05) is 65.7 Å². The van der Waals surface area contributed by atoms with Crippen molar-refractivity contribution in [1.82, 2.24) is 5.32 Å². The summed E-state index contributed by atoms with van der Waals surface area (Å²) in [7, 11) is 0. The van der Waals surface area contributed by atoms with E-state index in [1.165, 1.54) is 38.5 Å². The summed E-state index contributed by atoms with van der Waals surface area (Å²) in [6.45, 7) is 7.52. The average molecular weight is 253 g/mol. The van der Waals surface area contributed by atoms with Crippen LogP contribution in [0.4, 0.5) is 0 Å². The molecule has 1 N–H and O–H groups in total. The molecule has 1 saturated carbocycles. The van der Waals surface area contributed by atoms with E-state index in [-0.39, 0.29) is 0 Å². The predicted molar refractivity (Wildman–Crippen MR) is 77.4 cm³/mol. The Labute approximate surface area is 113 Å². The third kappa shape index (κ3) is 4.99. The molecule has 0 spiro atoms. The Kier molecular flexibility index (Phi) is 7.38. The van der Waals surface area contributed by atoms with Gasteiger partial charge in [0.1, 0.15) is 0 Å². The molecule has 0 aromatic carbocycles. The van der Waals surface area contributed by atoms with Crippen LogP contribution < -0.4 is 5.32 Å². The van der Waals surface area contributed by atoms with Crippen molar-refractivity contribution in [3.63, 3.8) is 0 Å². The van der Waals surface area contributed by atoms with Crippen LogP contribution in [0.5, 0.6) is 0 Å². The lowest BCUT2D eigenvalue weighted by atomic mass is 10.1. The summed E-state index contributed by atoms with van der Waals surface area (Å²) in [5, 5.41) is 3.10. The van der Waals surface area contributed by atoms with E-state index in [2.05, 4.69) is 26.1 Å². The fourth-order valence-electron chi connectivity index (χ4n) is 3.02. The van der Waals surface area contributed by atoms with Crippen LogP contribution in [0.25, 0.3) is 0 Å². The van der Waals surface area contributed by atoms with Crippen molar-refractivity contribution in [2.75, 3.05) is 6.54 Å². The van der Waals surface area contributed by atoms with E-state index in [0.717, 1.165) is 19.4 Å². The van der Waals surface area contributed by atoms with Crippen molar-refractivity contribution >= 4 is 5.91 Å². The average Bonchev–Trinajstić information content (AvgIpc) is 3.03. The number of unbranched alkanes of at least 4 members (excludes halogenated alkanes) is 6. The van der Waals surface area contributed by atoms with E-state index in [1.807, 2.05) is 0 Å². The van der Waals surface area contributed by atoms with Crippen molar-refractivity contribution in [1.29, 1.82) is 0 Å². The minimum atomic E-state index is 0.306. The van der Waals surface area contributed by atoms with E-state index in [9.17, 15) is 4.79 Å². The predicted octanol–water partition coefficient (Wildman–Crippen LogP) is 4.15. The Morgan fingerprint density at radius 2 is 1.61 bits per heavy atom. The molecule has 1 aliphatic rings. The van der Waals surface area contributed by atoms with Crippen LogP contribution in [0, 0.1) is 17.8 Å². The molecular formula is C16H31NO. The standard InChI is InChI=1S/C16H31NO/c1-4-6-7-8-9-10-11-12-17-16(18)15-13(3)14(15)5-2/h13-15H,4-12H2,1-3H3,(H,17,18). The van der Waals surface area contributed by atoms with Crippen LogP contribution >= 0.6 is 0 Å². The van der Waals surface area contributed by atoms with Crippen LogP contribution in [0.1, 0.15) is 72.1 Å². The summed E-state index contributed by atoms with van der Waals surface area (Å²) >= 11 is 0. The Morgan fingerprint density at radius 1 is 1.00 bits per heavy atom. The number of hydrogen-bond acceptors (Lipinski definition) is 1. The van der Waals surface area contributed by atoms with Gasteiger partial charge >= 0.3 is 0 Å². The quantitative estimate of drug-likeness (QED) is 0.582. The van der Waals surface area contributed by atoms with E-state index < -0.39 is 0 Å². The van der Waals surface area contributed by atoms with Crippen molar-refractivity contribution in [2.45, 2.75) is 72.1 Å². The van der Waals surface area contributed by atoms with Gasteiger partial charge in [0.05, 0.1) is 0 Å². The summed E-state index contributed by atoms with van der Waals surface area (Å²) in [4.78, 5) is 11.8.